The third-order valence-electron chi connectivity index (χ3n) is 0. The molecular formula is CoCuNiS. The fourth-order valence-electron chi connectivity index (χ4n) is 0. The topological polar surface area (TPSA) is 0 Å². The Labute approximate surface area is 63.5 Å². The van der Waals surface area contributed by atoms with Gasteiger partial charge in [-0.05, 0) is 0 Å². The second-order valence-electron chi connectivity index (χ2n) is 0. The molecule has 0 aromatic rings. The Morgan fingerprint density at radius 1 is 1.00 bits per heavy atom. The zero-order valence-electron chi connectivity index (χ0n) is 1.36. The van der Waals surface area contributed by atoms with Crippen LogP contribution in [0.4, 0.5) is 0 Å². The van der Waals surface area contributed by atoms with Gasteiger partial charge in [0.15, 0.2) is 0 Å². The zero-order chi connectivity index (χ0) is 0. The Balaban J connectivity index is 0. The van der Waals surface area contributed by atoms with Crippen molar-refractivity contribution in [2.75, 3.05) is 0 Å². The van der Waals surface area contributed by atoms with Crippen molar-refractivity contribution in [1.82, 2.24) is 0 Å². The summed E-state index contributed by atoms with van der Waals surface area (Å²) >= 11 is 0. The standard InChI is InChI=1S/Co.Cu.Ni.S/q;+2;;-2. The molecule has 2 radical (unpaired) electrons. The molecule has 4 heteroatoms. The average Bonchev–Trinajstić information content (AvgIpc) is 0. The first kappa shape index (κ1) is 39.8. The normalized spacial score (nSPS) is 0. The van der Waals surface area contributed by atoms with E-state index < -0.39 is 0 Å². The van der Waals surface area contributed by atoms with E-state index in [1.165, 1.54) is 0 Å². The molecular weight excluding hydrogens is 213 g/mol. The van der Waals surface area contributed by atoms with Gasteiger partial charge in [0.25, 0.3) is 0 Å². The van der Waals surface area contributed by atoms with Crippen molar-refractivity contribution in [1.29, 1.82) is 0 Å². The van der Waals surface area contributed by atoms with Crippen molar-refractivity contribution in [3.63, 3.8) is 0 Å². The van der Waals surface area contributed by atoms with Crippen molar-refractivity contribution < 1.29 is 50.3 Å². The van der Waals surface area contributed by atoms with Crippen molar-refractivity contribution in [3.05, 3.63) is 0 Å². The molecule has 0 aromatic carbocycles. The molecule has 0 rings (SSSR count). The summed E-state index contributed by atoms with van der Waals surface area (Å²) in [4.78, 5) is 0. The summed E-state index contributed by atoms with van der Waals surface area (Å²) in [6.45, 7) is 0. The largest absolute Gasteiger partial charge is 2.00 e. The Morgan fingerprint density at radius 2 is 1.00 bits per heavy atom. The summed E-state index contributed by atoms with van der Waals surface area (Å²) < 4.78 is 0. The summed E-state index contributed by atoms with van der Waals surface area (Å²) in [6.07, 6.45) is 0. The van der Waals surface area contributed by atoms with E-state index in [-0.39, 0.29) is 63.8 Å². The summed E-state index contributed by atoms with van der Waals surface area (Å²) in [5, 5.41) is 0. The van der Waals surface area contributed by atoms with Gasteiger partial charge in [-0.15, -0.1) is 0 Å². The Hall–Kier alpha value is 1.87. The van der Waals surface area contributed by atoms with E-state index in [0.717, 1.165) is 0 Å². The molecule has 0 N–H and O–H groups in total. The van der Waals surface area contributed by atoms with Crippen LogP contribution in [0, 0.1) is 0 Å². The van der Waals surface area contributed by atoms with Crippen LogP contribution < -0.4 is 0 Å². The van der Waals surface area contributed by atoms with Crippen LogP contribution in [0.1, 0.15) is 0 Å². The number of rotatable bonds is 0. The summed E-state index contributed by atoms with van der Waals surface area (Å²) in [5.41, 5.74) is 0. The van der Waals surface area contributed by atoms with Crippen LogP contribution in [0.15, 0.2) is 0 Å². The van der Waals surface area contributed by atoms with E-state index in [1.54, 1.807) is 0 Å². The molecule has 0 bridgehead atoms. The first-order valence-corrected chi connectivity index (χ1v) is 0. The van der Waals surface area contributed by atoms with Gasteiger partial charge in [0.05, 0.1) is 0 Å². The summed E-state index contributed by atoms with van der Waals surface area (Å²) in [7, 11) is 0. The van der Waals surface area contributed by atoms with Crippen LogP contribution in [0.25, 0.3) is 0 Å². The fourth-order valence-corrected chi connectivity index (χ4v) is 0. The minimum atomic E-state index is 0. The van der Waals surface area contributed by atoms with E-state index in [1.807, 2.05) is 0 Å². The van der Waals surface area contributed by atoms with E-state index in [4.69, 9.17) is 0 Å². The second-order valence-corrected chi connectivity index (χ2v) is 0. The van der Waals surface area contributed by atoms with Gasteiger partial charge in [-0.2, -0.15) is 0 Å². The second kappa shape index (κ2) is 20.9. The average molecular weight is 213 g/mol. The molecule has 0 atom stereocenters. The maximum Gasteiger partial charge on any atom is 2.00 e. The number of hydrogen-bond acceptors (Lipinski definition) is 0. The monoisotopic (exact) mass is 212 g/mol. The zero-order valence-corrected chi connectivity index (χ0v) is 5.15. The van der Waals surface area contributed by atoms with E-state index >= 15 is 0 Å². The molecule has 0 aliphatic carbocycles. The molecule has 0 unspecified atom stereocenters. The fraction of sp³-hybridized carbons (Fsp3) is 0. The molecule has 0 spiro atoms. The van der Waals surface area contributed by atoms with Crippen LogP contribution in [0.3, 0.4) is 0 Å². The van der Waals surface area contributed by atoms with Gasteiger partial charge >= 0.3 is 17.1 Å². The van der Waals surface area contributed by atoms with E-state index in [0.29, 0.717) is 0 Å². The van der Waals surface area contributed by atoms with Crippen molar-refractivity contribution >= 4 is 13.5 Å². The van der Waals surface area contributed by atoms with Gasteiger partial charge in [0, 0.05) is 33.3 Å². The molecule has 0 aliphatic heterocycles. The Morgan fingerprint density at radius 3 is 1.00 bits per heavy atom. The van der Waals surface area contributed by atoms with Gasteiger partial charge in [0.2, 0.25) is 0 Å². The van der Waals surface area contributed by atoms with Gasteiger partial charge in [-0.3, -0.25) is 0 Å². The molecule has 4 heavy (non-hydrogen) atoms. The first-order valence-electron chi connectivity index (χ1n) is 0. The molecule has 36 valence electrons. The van der Waals surface area contributed by atoms with Crippen LogP contribution >= 0.6 is 0 Å². The molecule has 0 aromatic heterocycles. The molecule has 0 saturated carbocycles. The number of hydrogen-bond donors (Lipinski definition) is 0. The van der Waals surface area contributed by atoms with Crippen molar-refractivity contribution in [2.45, 2.75) is 0 Å². The van der Waals surface area contributed by atoms with Crippen molar-refractivity contribution in [2.24, 2.45) is 0 Å². The molecule has 0 heterocycles. The minimum absolute atomic E-state index is 0. The maximum absolute atomic E-state index is 0. The summed E-state index contributed by atoms with van der Waals surface area (Å²) in [6, 6.07) is 0. The third-order valence-corrected chi connectivity index (χ3v) is 0. The third kappa shape index (κ3) is 9.12. The minimum Gasteiger partial charge on any atom is -2.00 e. The van der Waals surface area contributed by atoms with E-state index in [2.05, 4.69) is 0 Å². The van der Waals surface area contributed by atoms with Crippen molar-refractivity contribution in [3.8, 4) is 0 Å². The van der Waals surface area contributed by atoms with Gasteiger partial charge in [0.1, 0.15) is 0 Å². The summed E-state index contributed by atoms with van der Waals surface area (Å²) in [5.74, 6) is 0. The molecule has 0 saturated heterocycles. The molecule has 0 fully saturated rings. The SMILES string of the molecule is [Co].[Cu+2].[Ni].[S-2]. The molecule has 0 nitrogen and oxygen atoms in total. The first-order chi connectivity index (χ1) is 0. The smallest absolute Gasteiger partial charge is 2.00 e. The van der Waals surface area contributed by atoms with Crippen LogP contribution in [0.5, 0.6) is 0 Å². The van der Waals surface area contributed by atoms with Gasteiger partial charge in [-0.1, -0.05) is 0 Å². The van der Waals surface area contributed by atoms with Gasteiger partial charge < -0.3 is 13.5 Å². The molecule has 0 aliphatic rings. The predicted octanol–water partition coefficient (Wildman–Crippen LogP) is -0.00990. The maximum atomic E-state index is 0. The molecule has 0 amide bonds. The Bertz CT molecular complexity index is 8.00. The van der Waals surface area contributed by atoms with Crippen LogP contribution in [0.2, 0.25) is 0 Å². The van der Waals surface area contributed by atoms with Crippen LogP contribution in [-0.2, 0) is 63.8 Å². The van der Waals surface area contributed by atoms with Gasteiger partial charge in [-0.25, -0.2) is 0 Å². The Kier molecular flexibility index (Phi) is 208. The quantitative estimate of drug-likeness (QED) is 0.496. The van der Waals surface area contributed by atoms with E-state index in [9.17, 15) is 0 Å². The predicted molar refractivity (Wildman–Crippen MR) is 7.37 cm³/mol. The van der Waals surface area contributed by atoms with Crippen LogP contribution in [-0.4, -0.2) is 0 Å².